The van der Waals surface area contributed by atoms with Crippen molar-refractivity contribution in [2.24, 2.45) is 0 Å². The number of benzene rings is 1. The summed E-state index contributed by atoms with van der Waals surface area (Å²) in [6, 6.07) is 11.8. The molecule has 0 unspecified atom stereocenters. The molecule has 2 heteroatoms. The summed E-state index contributed by atoms with van der Waals surface area (Å²) in [7, 11) is 0. The van der Waals surface area contributed by atoms with E-state index in [-0.39, 0.29) is 0 Å². The fraction of sp³-hybridized carbons (Fsp3) is 0.214. The Kier molecular flexibility index (Phi) is 5.00. The normalized spacial score (nSPS) is 9.25. The molecule has 0 saturated carbocycles. The monoisotopic (exact) mass is 233 g/mol. The Balaban J connectivity index is 0.000000606. The van der Waals surface area contributed by atoms with Crippen molar-refractivity contribution < 1.29 is 0 Å². The fourth-order valence-electron chi connectivity index (χ4n) is 1.42. The van der Waals surface area contributed by atoms with Crippen molar-refractivity contribution >= 4 is 11.6 Å². The predicted molar refractivity (Wildman–Crippen MR) is 70.8 cm³/mol. The van der Waals surface area contributed by atoms with Gasteiger partial charge in [-0.15, -0.1) is 0 Å². The smallest absolute Gasteiger partial charge is 0.0450 e. The minimum atomic E-state index is 0.760. The van der Waals surface area contributed by atoms with Gasteiger partial charge in [0.2, 0.25) is 0 Å². The van der Waals surface area contributed by atoms with Gasteiger partial charge in [-0.25, -0.2) is 0 Å². The highest BCUT2D eigenvalue weighted by atomic mass is 35.5. The third-order valence-electron chi connectivity index (χ3n) is 2.16. The summed E-state index contributed by atoms with van der Waals surface area (Å²) in [4.78, 5) is 4.24. The van der Waals surface area contributed by atoms with Crippen LogP contribution in [-0.2, 0) is 0 Å². The first-order chi connectivity index (χ1) is 7.77. The molecule has 0 atom stereocenters. The molecular weight excluding hydrogens is 218 g/mol. The minimum absolute atomic E-state index is 0.760. The zero-order valence-corrected chi connectivity index (χ0v) is 10.6. The van der Waals surface area contributed by atoms with E-state index < -0.39 is 0 Å². The Hall–Kier alpha value is -1.34. The predicted octanol–water partition coefficient (Wildman–Crippen LogP) is 4.74. The van der Waals surface area contributed by atoms with Crippen LogP contribution in [0.3, 0.4) is 0 Å². The van der Waals surface area contributed by atoms with Gasteiger partial charge < -0.3 is 0 Å². The quantitative estimate of drug-likeness (QED) is 0.694. The average Bonchev–Trinajstić information content (AvgIpc) is 2.34. The summed E-state index contributed by atoms with van der Waals surface area (Å²) in [5, 5.41) is 0.760. The molecule has 0 amide bonds. The van der Waals surface area contributed by atoms with Crippen molar-refractivity contribution in [3.8, 4) is 11.1 Å². The van der Waals surface area contributed by atoms with Crippen molar-refractivity contribution in [1.29, 1.82) is 0 Å². The van der Waals surface area contributed by atoms with E-state index in [9.17, 15) is 0 Å². The van der Waals surface area contributed by atoms with Gasteiger partial charge in [-0.2, -0.15) is 0 Å². The number of aromatic nitrogens is 1. The molecular formula is C14H16ClN. The Bertz CT molecular complexity index is 435. The Morgan fingerprint density at radius 1 is 1.00 bits per heavy atom. The first-order valence-electron chi connectivity index (χ1n) is 5.45. The van der Waals surface area contributed by atoms with Crippen LogP contribution in [0, 0.1) is 6.92 Å². The van der Waals surface area contributed by atoms with Crippen molar-refractivity contribution in [2.45, 2.75) is 20.8 Å². The second-order valence-electron chi connectivity index (χ2n) is 3.14. The molecule has 0 aliphatic heterocycles. The van der Waals surface area contributed by atoms with Gasteiger partial charge in [0.1, 0.15) is 0 Å². The second kappa shape index (κ2) is 6.29. The van der Waals surface area contributed by atoms with E-state index in [0.29, 0.717) is 0 Å². The highest BCUT2D eigenvalue weighted by molar-refractivity contribution is 6.30. The van der Waals surface area contributed by atoms with Crippen LogP contribution in [-0.4, -0.2) is 4.98 Å². The number of nitrogens with zero attached hydrogens (tertiary/aromatic N) is 1. The lowest BCUT2D eigenvalue weighted by Crippen LogP contribution is -1.85. The number of hydrogen-bond acceptors (Lipinski definition) is 1. The molecule has 1 aromatic carbocycles. The number of halogens is 1. The van der Waals surface area contributed by atoms with Crippen LogP contribution in [0.1, 0.15) is 19.5 Å². The van der Waals surface area contributed by atoms with Crippen molar-refractivity contribution in [3.63, 3.8) is 0 Å². The van der Waals surface area contributed by atoms with Crippen LogP contribution in [0.4, 0.5) is 0 Å². The van der Waals surface area contributed by atoms with E-state index >= 15 is 0 Å². The Labute approximate surface area is 102 Å². The summed E-state index contributed by atoms with van der Waals surface area (Å²) in [5.74, 6) is 0. The first-order valence-corrected chi connectivity index (χ1v) is 5.83. The summed E-state index contributed by atoms with van der Waals surface area (Å²) in [5.41, 5.74) is 3.35. The van der Waals surface area contributed by atoms with Crippen molar-refractivity contribution in [2.75, 3.05) is 0 Å². The van der Waals surface area contributed by atoms with Gasteiger partial charge in [0.15, 0.2) is 0 Å². The molecule has 0 aliphatic rings. The van der Waals surface area contributed by atoms with E-state index in [1.165, 1.54) is 0 Å². The molecule has 0 N–H and O–H groups in total. The van der Waals surface area contributed by atoms with Gasteiger partial charge in [-0.05, 0) is 30.7 Å². The molecule has 2 rings (SSSR count). The summed E-state index contributed by atoms with van der Waals surface area (Å²) >= 11 is 5.82. The average molecular weight is 234 g/mol. The fourth-order valence-corrected chi connectivity index (χ4v) is 1.54. The maximum Gasteiger partial charge on any atom is 0.0450 e. The lowest BCUT2D eigenvalue weighted by molar-refractivity contribution is 1.20. The molecule has 0 radical (unpaired) electrons. The summed E-state index contributed by atoms with van der Waals surface area (Å²) < 4.78 is 0. The van der Waals surface area contributed by atoms with E-state index in [1.807, 2.05) is 51.1 Å². The minimum Gasteiger partial charge on any atom is -0.261 e. The van der Waals surface area contributed by atoms with Crippen LogP contribution >= 0.6 is 11.6 Å². The molecule has 0 bridgehead atoms. The zero-order valence-electron chi connectivity index (χ0n) is 9.87. The van der Waals surface area contributed by atoms with Gasteiger partial charge in [0.25, 0.3) is 0 Å². The van der Waals surface area contributed by atoms with Gasteiger partial charge in [-0.1, -0.05) is 43.6 Å². The third kappa shape index (κ3) is 3.07. The van der Waals surface area contributed by atoms with Crippen molar-refractivity contribution in [3.05, 3.63) is 53.3 Å². The van der Waals surface area contributed by atoms with Gasteiger partial charge in [0.05, 0.1) is 0 Å². The molecule has 1 aromatic heterocycles. The molecule has 1 nitrogen and oxygen atoms in total. The van der Waals surface area contributed by atoms with Gasteiger partial charge >= 0.3 is 0 Å². The Morgan fingerprint density at radius 2 is 1.62 bits per heavy atom. The zero-order chi connectivity index (χ0) is 12.0. The highest BCUT2D eigenvalue weighted by Gasteiger charge is 2.00. The maximum atomic E-state index is 5.82. The highest BCUT2D eigenvalue weighted by Crippen LogP contribution is 2.22. The molecule has 0 spiro atoms. The molecule has 2 aromatic rings. The van der Waals surface area contributed by atoms with Crippen LogP contribution in [0.5, 0.6) is 0 Å². The molecule has 16 heavy (non-hydrogen) atoms. The van der Waals surface area contributed by atoms with Gasteiger partial charge in [-0.3, -0.25) is 4.98 Å². The molecule has 1 heterocycles. The number of rotatable bonds is 1. The first kappa shape index (κ1) is 12.7. The lowest BCUT2D eigenvalue weighted by Gasteiger charge is -2.04. The standard InChI is InChI=1S/C12H10ClN.C2H6/c1-9-12(3-2-8-14-9)10-4-6-11(13)7-5-10;1-2/h2-8H,1H3;1-2H3. The number of pyridine rings is 1. The second-order valence-corrected chi connectivity index (χ2v) is 3.58. The van der Waals surface area contributed by atoms with E-state index in [4.69, 9.17) is 11.6 Å². The largest absolute Gasteiger partial charge is 0.261 e. The Morgan fingerprint density at radius 3 is 2.19 bits per heavy atom. The molecule has 0 saturated heterocycles. The van der Waals surface area contributed by atoms with E-state index in [0.717, 1.165) is 21.8 Å². The number of hydrogen-bond donors (Lipinski definition) is 0. The van der Waals surface area contributed by atoms with E-state index in [2.05, 4.69) is 11.1 Å². The number of aryl methyl sites for hydroxylation is 1. The van der Waals surface area contributed by atoms with Crippen LogP contribution in [0.25, 0.3) is 11.1 Å². The molecule has 0 fully saturated rings. The maximum absolute atomic E-state index is 5.82. The van der Waals surface area contributed by atoms with Crippen LogP contribution in [0.2, 0.25) is 5.02 Å². The van der Waals surface area contributed by atoms with Crippen LogP contribution in [0.15, 0.2) is 42.6 Å². The molecule has 84 valence electrons. The topological polar surface area (TPSA) is 12.9 Å². The SMILES string of the molecule is CC.Cc1ncccc1-c1ccc(Cl)cc1. The van der Waals surface area contributed by atoms with Crippen LogP contribution < -0.4 is 0 Å². The third-order valence-corrected chi connectivity index (χ3v) is 2.41. The molecule has 0 aliphatic carbocycles. The van der Waals surface area contributed by atoms with E-state index in [1.54, 1.807) is 6.20 Å². The summed E-state index contributed by atoms with van der Waals surface area (Å²) in [6.07, 6.45) is 1.80. The summed E-state index contributed by atoms with van der Waals surface area (Å²) in [6.45, 7) is 6.00. The van der Waals surface area contributed by atoms with Crippen molar-refractivity contribution in [1.82, 2.24) is 4.98 Å². The van der Waals surface area contributed by atoms with Gasteiger partial charge in [0, 0.05) is 22.5 Å². The lowest BCUT2D eigenvalue weighted by atomic mass is 10.1.